The van der Waals surface area contributed by atoms with E-state index >= 15 is 0 Å². The number of thiophene rings is 1. The quantitative estimate of drug-likeness (QED) is 0.174. The van der Waals surface area contributed by atoms with Gasteiger partial charge in [-0.15, -0.1) is 11.3 Å². The molecule has 3 heterocycles. The monoisotopic (exact) mass is 799 g/mol. The van der Waals surface area contributed by atoms with Crippen molar-refractivity contribution in [1.29, 1.82) is 0 Å². The van der Waals surface area contributed by atoms with E-state index in [1.807, 2.05) is 17.4 Å². The lowest BCUT2D eigenvalue weighted by atomic mass is 9.82. The number of hydrogen-bond donors (Lipinski definition) is 0. The number of fused-ring (bicyclic) bond motifs is 12. The molecular formula is C57H37NO2S. The molecule has 61 heavy (non-hydrogen) atoms. The minimum Gasteiger partial charge on any atom is -0.456 e. The zero-order valence-electron chi connectivity index (χ0n) is 33.6. The van der Waals surface area contributed by atoms with Gasteiger partial charge in [-0.25, -0.2) is 0 Å². The molecular weight excluding hydrogens is 763 g/mol. The van der Waals surface area contributed by atoms with Crippen LogP contribution < -0.4 is 4.90 Å². The van der Waals surface area contributed by atoms with Gasteiger partial charge >= 0.3 is 0 Å². The molecule has 1 aliphatic carbocycles. The van der Waals surface area contributed by atoms with Crippen molar-refractivity contribution < 1.29 is 8.83 Å². The fourth-order valence-corrected chi connectivity index (χ4v) is 11.1. The highest BCUT2D eigenvalue weighted by molar-refractivity contribution is 7.25. The Morgan fingerprint density at radius 3 is 1.70 bits per heavy atom. The van der Waals surface area contributed by atoms with Gasteiger partial charge in [0.2, 0.25) is 0 Å². The van der Waals surface area contributed by atoms with Crippen molar-refractivity contribution >= 4 is 92.4 Å². The Kier molecular flexibility index (Phi) is 7.23. The molecule has 0 radical (unpaired) electrons. The molecule has 3 aromatic heterocycles. The minimum atomic E-state index is -0.129. The van der Waals surface area contributed by atoms with Gasteiger partial charge in [0.15, 0.2) is 0 Å². The van der Waals surface area contributed by atoms with Gasteiger partial charge in [-0.1, -0.05) is 123 Å². The summed E-state index contributed by atoms with van der Waals surface area (Å²) in [6.07, 6.45) is 0. The average molecular weight is 800 g/mol. The van der Waals surface area contributed by atoms with Crippen molar-refractivity contribution in [3.63, 3.8) is 0 Å². The molecule has 4 heteroatoms. The number of benzene rings is 9. The van der Waals surface area contributed by atoms with Gasteiger partial charge in [0, 0.05) is 70.3 Å². The average Bonchev–Trinajstić information content (AvgIpc) is 4.03. The van der Waals surface area contributed by atoms with Crippen LogP contribution in [-0.4, -0.2) is 0 Å². The van der Waals surface area contributed by atoms with Gasteiger partial charge in [-0.05, 0) is 117 Å². The van der Waals surface area contributed by atoms with E-state index in [0.717, 1.165) is 66.5 Å². The van der Waals surface area contributed by atoms with Crippen molar-refractivity contribution in [3.8, 4) is 33.4 Å². The lowest BCUT2D eigenvalue weighted by molar-refractivity contribution is 0.660. The van der Waals surface area contributed by atoms with Crippen molar-refractivity contribution in [2.45, 2.75) is 19.3 Å². The fourth-order valence-electron chi connectivity index (χ4n) is 9.97. The standard InChI is InChI=1S/C57H37NO2S/c1-57(2)49-14-8-6-12-41(49)42-26-22-39(30-50(42)57)58(38-20-16-35(17-21-38)37-19-25-46-45-13-7-9-15-55(45)61-56(46)29-37)40-23-27-44-48-33-53-47(32-54(48)60-52(44)31-40)43-24-18-36(28-51(43)59-53)34-10-4-3-5-11-34/h3-33H,1-2H3. The van der Waals surface area contributed by atoms with Crippen LogP contribution in [0.3, 0.4) is 0 Å². The maximum absolute atomic E-state index is 6.75. The van der Waals surface area contributed by atoms with E-state index in [9.17, 15) is 0 Å². The maximum Gasteiger partial charge on any atom is 0.137 e. The van der Waals surface area contributed by atoms with E-state index in [-0.39, 0.29) is 5.41 Å². The molecule has 13 rings (SSSR count). The fraction of sp³-hybridized carbons (Fsp3) is 0.0526. The van der Waals surface area contributed by atoms with E-state index in [4.69, 9.17) is 8.83 Å². The smallest absolute Gasteiger partial charge is 0.137 e. The topological polar surface area (TPSA) is 29.5 Å². The van der Waals surface area contributed by atoms with Crippen molar-refractivity contribution in [3.05, 3.63) is 199 Å². The number of anilines is 3. The molecule has 0 aliphatic heterocycles. The van der Waals surface area contributed by atoms with Crippen molar-refractivity contribution in [2.75, 3.05) is 4.90 Å². The normalized spacial score (nSPS) is 13.2. The van der Waals surface area contributed by atoms with Gasteiger partial charge in [0.1, 0.15) is 22.3 Å². The Hall–Kier alpha value is -7.40. The second-order valence-corrected chi connectivity index (χ2v) is 18.0. The third-order valence-electron chi connectivity index (χ3n) is 13.1. The van der Waals surface area contributed by atoms with E-state index < -0.39 is 0 Å². The second-order valence-electron chi connectivity index (χ2n) is 16.9. The molecule has 0 saturated heterocycles. The predicted octanol–water partition coefficient (Wildman–Crippen LogP) is 17.0. The first kappa shape index (κ1) is 34.5. The van der Waals surface area contributed by atoms with E-state index in [1.54, 1.807) is 0 Å². The molecule has 288 valence electrons. The van der Waals surface area contributed by atoms with Crippen LogP contribution in [0.4, 0.5) is 17.1 Å². The SMILES string of the molecule is CC1(C)c2ccccc2-c2ccc(N(c3ccc(-c4ccc5c(c4)sc4ccccc45)cc3)c3ccc4c(c3)oc3cc5c(cc34)oc3cc(-c4ccccc4)ccc35)cc21. The third kappa shape index (κ3) is 5.22. The van der Waals surface area contributed by atoms with Crippen LogP contribution in [0, 0.1) is 0 Å². The molecule has 12 aromatic rings. The van der Waals surface area contributed by atoms with Crippen LogP contribution >= 0.6 is 11.3 Å². The highest BCUT2D eigenvalue weighted by Crippen LogP contribution is 2.51. The summed E-state index contributed by atoms with van der Waals surface area (Å²) in [5, 5.41) is 6.87. The highest BCUT2D eigenvalue weighted by Gasteiger charge is 2.35. The van der Waals surface area contributed by atoms with Crippen LogP contribution in [0.2, 0.25) is 0 Å². The van der Waals surface area contributed by atoms with Gasteiger partial charge in [-0.2, -0.15) is 0 Å². The summed E-state index contributed by atoms with van der Waals surface area (Å²) in [5.41, 5.74) is 16.5. The summed E-state index contributed by atoms with van der Waals surface area (Å²) in [6, 6.07) is 68.2. The van der Waals surface area contributed by atoms with Gasteiger partial charge in [0.25, 0.3) is 0 Å². The van der Waals surface area contributed by atoms with Crippen molar-refractivity contribution in [1.82, 2.24) is 0 Å². The van der Waals surface area contributed by atoms with E-state index in [2.05, 4.69) is 201 Å². The molecule has 9 aromatic carbocycles. The first-order valence-electron chi connectivity index (χ1n) is 20.9. The van der Waals surface area contributed by atoms with Crippen LogP contribution in [0.15, 0.2) is 197 Å². The van der Waals surface area contributed by atoms with E-state index in [0.29, 0.717) is 0 Å². The molecule has 0 fully saturated rings. The summed E-state index contributed by atoms with van der Waals surface area (Å²) < 4.78 is 15.9. The number of furan rings is 2. The van der Waals surface area contributed by atoms with Gasteiger partial charge in [0.05, 0.1) is 0 Å². The zero-order valence-corrected chi connectivity index (χ0v) is 34.4. The Morgan fingerprint density at radius 2 is 0.902 bits per heavy atom. The van der Waals surface area contributed by atoms with Gasteiger partial charge < -0.3 is 13.7 Å². The Bertz CT molecular complexity index is 3740. The largest absolute Gasteiger partial charge is 0.456 e. The molecule has 0 saturated carbocycles. The molecule has 0 spiro atoms. The second kappa shape index (κ2) is 12.8. The lowest BCUT2D eigenvalue weighted by Gasteiger charge is -2.28. The first-order chi connectivity index (χ1) is 29.9. The first-order valence-corrected chi connectivity index (χ1v) is 21.7. The highest BCUT2D eigenvalue weighted by atomic mass is 32.1. The summed E-state index contributed by atoms with van der Waals surface area (Å²) in [6.45, 7) is 4.69. The molecule has 0 atom stereocenters. The molecule has 0 bridgehead atoms. The maximum atomic E-state index is 6.75. The molecule has 1 aliphatic rings. The summed E-state index contributed by atoms with van der Waals surface area (Å²) >= 11 is 1.86. The van der Waals surface area contributed by atoms with Crippen molar-refractivity contribution in [2.24, 2.45) is 0 Å². The van der Waals surface area contributed by atoms with Crippen LogP contribution in [-0.2, 0) is 5.41 Å². The molecule has 3 nitrogen and oxygen atoms in total. The third-order valence-corrected chi connectivity index (χ3v) is 14.2. The number of nitrogens with zero attached hydrogens (tertiary/aromatic N) is 1. The van der Waals surface area contributed by atoms with Crippen LogP contribution in [0.25, 0.3) is 97.4 Å². The Balaban J connectivity index is 0.928. The summed E-state index contributed by atoms with van der Waals surface area (Å²) in [7, 11) is 0. The number of rotatable bonds is 5. The Labute approximate surface area is 356 Å². The van der Waals surface area contributed by atoms with Gasteiger partial charge in [-0.3, -0.25) is 0 Å². The predicted molar refractivity (Wildman–Crippen MR) is 257 cm³/mol. The molecule has 0 amide bonds. The summed E-state index contributed by atoms with van der Waals surface area (Å²) in [5.74, 6) is 0. The summed E-state index contributed by atoms with van der Waals surface area (Å²) in [4.78, 5) is 2.37. The minimum absolute atomic E-state index is 0.129. The molecule has 0 N–H and O–H groups in total. The number of hydrogen-bond acceptors (Lipinski definition) is 4. The zero-order chi connectivity index (χ0) is 40.4. The molecule has 0 unspecified atom stereocenters. The van der Waals surface area contributed by atoms with Crippen LogP contribution in [0.5, 0.6) is 0 Å². The Morgan fingerprint density at radius 1 is 0.361 bits per heavy atom. The van der Waals surface area contributed by atoms with Crippen LogP contribution in [0.1, 0.15) is 25.0 Å². The lowest BCUT2D eigenvalue weighted by Crippen LogP contribution is -2.16. The van der Waals surface area contributed by atoms with E-state index in [1.165, 1.54) is 59.1 Å².